The Balaban J connectivity index is 1.07. The minimum absolute atomic E-state index is 0.0186. The second-order valence-electron chi connectivity index (χ2n) is 14.0. The van der Waals surface area contributed by atoms with E-state index in [0.29, 0.717) is 43.5 Å². The minimum Gasteiger partial charge on any atom is -0.494 e. The minimum atomic E-state index is -1.36. The lowest BCUT2D eigenvalue weighted by Crippen LogP contribution is -2.31. The van der Waals surface area contributed by atoms with Gasteiger partial charge in [0.1, 0.15) is 11.5 Å². The number of hydrogen-bond acceptors (Lipinski definition) is 11. The molecule has 0 aliphatic carbocycles. The van der Waals surface area contributed by atoms with E-state index in [1.54, 1.807) is 30.3 Å². The zero-order chi connectivity index (χ0) is 41.3. The first kappa shape index (κ1) is 42.8. The summed E-state index contributed by atoms with van der Waals surface area (Å²) in [4.78, 5) is 74.1. The molecular weight excluding hydrogens is 743 g/mol. The van der Waals surface area contributed by atoms with E-state index >= 15 is 0 Å². The number of rotatable bonds is 24. The molecule has 1 aliphatic heterocycles. The number of Topliss-reactive ketones (excluding diaryl/α,β-unsaturated/α-hetero) is 1. The van der Waals surface area contributed by atoms with E-state index in [4.69, 9.17) is 23.7 Å². The highest BCUT2D eigenvalue weighted by atomic mass is 16.6. The van der Waals surface area contributed by atoms with Crippen molar-refractivity contribution in [2.75, 3.05) is 26.4 Å². The van der Waals surface area contributed by atoms with E-state index in [9.17, 15) is 28.8 Å². The third-order valence-corrected chi connectivity index (χ3v) is 9.74. The topological polar surface area (TPSA) is 161 Å². The molecule has 1 saturated heterocycles. The average molecular weight is 792 g/mol. The van der Waals surface area contributed by atoms with Gasteiger partial charge in [0.15, 0.2) is 11.9 Å². The average Bonchev–Trinajstić information content (AvgIpc) is 3.50. The van der Waals surface area contributed by atoms with E-state index in [-0.39, 0.29) is 24.2 Å². The SMILES string of the molecule is C=CC(=O)OCCCCCCOc1ccc2cc(C(=O)CCC3C(=O)NC(=O)[C@@H]3OC(=O)c3ccc4cc(OCCCCCCOC(=O)C=C)ccc4c3)ccc2c1. The lowest BCUT2D eigenvalue weighted by Gasteiger charge is -2.16. The summed E-state index contributed by atoms with van der Waals surface area (Å²) in [5.74, 6) is -2.70. The Kier molecular flexibility index (Phi) is 16.1. The summed E-state index contributed by atoms with van der Waals surface area (Å²) in [6, 6.07) is 21.5. The second-order valence-corrected chi connectivity index (χ2v) is 14.0. The monoisotopic (exact) mass is 791 g/mol. The van der Waals surface area contributed by atoms with Crippen molar-refractivity contribution in [3.63, 3.8) is 0 Å². The molecular formula is C46H49NO11. The largest absolute Gasteiger partial charge is 0.494 e. The number of unbranched alkanes of at least 4 members (excludes halogenated alkanes) is 6. The Hall–Kier alpha value is -6.30. The van der Waals surface area contributed by atoms with Crippen molar-refractivity contribution in [3.8, 4) is 11.5 Å². The van der Waals surface area contributed by atoms with E-state index in [1.165, 1.54) is 0 Å². The molecule has 4 aromatic carbocycles. The lowest BCUT2D eigenvalue weighted by atomic mass is 9.94. The van der Waals surface area contributed by atoms with Crippen LogP contribution in [0.4, 0.5) is 0 Å². The third kappa shape index (κ3) is 12.6. The number of carbonyl (C=O) groups is 6. The van der Waals surface area contributed by atoms with Gasteiger partial charge in [0, 0.05) is 24.1 Å². The first-order valence-corrected chi connectivity index (χ1v) is 19.7. The maximum atomic E-state index is 13.3. The number of ketones is 1. The smallest absolute Gasteiger partial charge is 0.338 e. The van der Waals surface area contributed by atoms with Gasteiger partial charge < -0.3 is 23.7 Å². The molecule has 58 heavy (non-hydrogen) atoms. The normalized spacial score (nSPS) is 14.8. The van der Waals surface area contributed by atoms with Gasteiger partial charge in [-0.15, -0.1) is 0 Å². The van der Waals surface area contributed by atoms with Crippen LogP contribution in [0.25, 0.3) is 21.5 Å². The Morgan fingerprint density at radius 3 is 1.57 bits per heavy atom. The molecule has 0 aromatic heterocycles. The summed E-state index contributed by atoms with van der Waals surface area (Å²) in [7, 11) is 0. The molecule has 2 atom stereocenters. The molecule has 1 aliphatic rings. The number of nitrogens with one attached hydrogen (secondary N) is 1. The summed E-state index contributed by atoms with van der Waals surface area (Å²) in [6.07, 6.45) is 7.89. The van der Waals surface area contributed by atoms with E-state index in [2.05, 4.69) is 18.5 Å². The van der Waals surface area contributed by atoms with E-state index in [0.717, 1.165) is 85.1 Å². The van der Waals surface area contributed by atoms with Crippen molar-refractivity contribution in [2.24, 2.45) is 5.92 Å². The Bertz CT molecular complexity index is 2140. The molecule has 5 rings (SSSR count). The van der Waals surface area contributed by atoms with Gasteiger partial charge in [-0.25, -0.2) is 14.4 Å². The maximum Gasteiger partial charge on any atom is 0.338 e. The van der Waals surface area contributed by atoms with Gasteiger partial charge in [-0.3, -0.25) is 19.7 Å². The number of hydrogen-bond donors (Lipinski definition) is 1. The molecule has 0 spiro atoms. The molecule has 0 saturated carbocycles. The van der Waals surface area contributed by atoms with Gasteiger partial charge in [0.05, 0.1) is 37.9 Å². The predicted molar refractivity (Wildman–Crippen MR) is 218 cm³/mol. The van der Waals surface area contributed by atoms with E-state index in [1.807, 2.05) is 42.5 Å². The van der Waals surface area contributed by atoms with Gasteiger partial charge in [0.25, 0.3) is 5.91 Å². The first-order chi connectivity index (χ1) is 28.1. The molecule has 2 amide bonds. The maximum absolute atomic E-state index is 13.3. The molecule has 1 heterocycles. The van der Waals surface area contributed by atoms with Crippen LogP contribution >= 0.6 is 0 Å². The fourth-order valence-electron chi connectivity index (χ4n) is 6.52. The number of amides is 2. The van der Waals surface area contributed by atoms with Crippen LogP contribution in [0.2, 0.25) is 0 Å². The predicted octanol–water partition coefficient (Wildman–Crippen LogP) is 7.79. The zero-order valence-electron chi connectivity index (χ0n) is 32.5. The van der Waals surface area contributed by atoms with Crippen LogP contribution in [0.15, 0.2) is 98.1 Å². The highest BCUT2D eigenvalue weighted by Gasteiger charge is 2.44. The first-order valence-electron chi connectivity index (χ1n) is 19.7. The quantitative estimate of drug-likeness (QED) is 0.0184. The number of benzene rings is 4. The Morgan fingerprint density at radius 2 is 1.03 bits per heavy atom. The molecule has 4 aromatic rings. The van der Waals surface area contributed by atoms with Crippen molar-refractivity contribution < 1.29 is 52.5 Å². The van der Waals surface area contributed by atoms with Gasteiger partial charge in [-0.2, -0.15) is 0 Å². The van der Waals surface area contributed by atoms with Crippen molar-refractivity contribution >= 4 is 57.1 Å². The highest BCUT2D eigenvalue weighted by molar-refractivity contribution is 6.08. The summed E-state index contributed by atoms with van der Waals surface area (Å²) in [5.41, 5.74) is 0.677. The van der Waals surface area contributed by atoms with Gasteiger partial charge in [-0.1, -0.05) is 43.5 Å². The molecule has 0 bridgehead atoms. The number of ether oxygens (including phenoxy) is 5. The Labute approximate surface area is 337 Å². The van der Waals surface area contributed by atoms with Gasteiger partial charge in [0.2, 0.25) is 5.91 Å². The second kappa shape index (κ2) is 21.9. The Morgan fingerprint density at radius 1 is 0.569 bits per heavy atom. The molecule has 12 nitrogen and oxygen atoms in total. The lowest BCUT2D eigenvalue weighted by molar-refractivity contribution is -0.138. The van der Waals surface area contributed by atoms with Crippen molar-refractivity contribution in [3.05, 3.63) is 109 Å². The summed E-state index contributed by atoms with van der Waals surface area (Å²) in [6.45, 7) is 8.57. The van der Waals surface area contributed by atoms with Gasteiger partial charge >= 0.3 is 17.9 Å². The molecule has 1 N–H and O–H groups in total. The summed E-state index contributed by atoms with van der Waals surface area (Å²) >= 11 is 0. The number of esters is 3. The molecule has 304 valence electrons. The van der Waals surface area contributed by atoms with Crippen LogP contribution < -0.4 is 14.8 Å². The molecule has 0 radical (unpaired) electrons. The van der Waals surface area contributed by atoms with Crippen molar-refractivity contribution in [1.29, 1.82) is 0 Å². The van der Waals surface area contributed by atoms with Crippen LogP contribution in [0, 0.1) is 5.92 Å². The molecule has 1 unspecified atom stereocenters. The number of imide groups is 1. The highest BCUT2D eigenvalue weighted by Crippen LogP contribution is 2.28. The third-order valence-electron chi connectivity index (χ3n) is 9.74. The summed E-state index contributed by atoms with van der Waals surface area (Å²) in [5, 5.41) is 5.60. The van der Waals surface area contributed by atoms with Crippen LogP contribution in [0.5, 0.6) is 11.5 Å². The fourth-order valence-corrected chi connectivity index (χ4v) is 6.52. The number of carbonyl (C=O) groups excluding carboxylic acids is 6. The van der Waals surface area contributed by atoms with Crippen LogP contribution in [0.3, 0.4) is 0 Å². The fraction of sp³-hybridized carbons (Fsp3) is 0.348. The molecule has 12 heteroatoms. The van der Waals surface area contributed by atoms with Crippen molar-refractivity contribution in [1.82, 2.24) is 5.32 Å². The van der Waals surface area contributed by atoms with Gasteiger partial charge in [-0.05, 0) is 122 Å². The van der Waals surface area contributed by atoms with Crippen LogP contribution in [-0.4, -0.2) is 68.0 Å². The van der Waals surface area contributed by atoms with Crippen molar-refractivity contribution in [2.45, 2.75) is 70.3 Å². The number of fused-ring (bicyclic) bond motifs is 2. The zero-order valence-corrected chi connectivity index (χ0v) is 32.5. The van der Waals surface area contributed by atoms with Crippen LogP contribution in [-0.2, 0) is 33.4 Å². The van der Waals surface area contributed by atoms with E-state index < -0.39 is 41.7 Å². The van der Waals surface area contributed by atoms with Crippen LogP contribution in [0.1, 0.15) is 84.9 Å². The standard InChI is InChI=1S/C46H49NO11/c1-3-41(49)56-25-11-7-5-9-23-54-37-19-17-31-27-35(15-13-33(31)29-37)40(48)22-21-39-43(45(52)47-44(39)51)58-46(53)36-16-14-34-30-38(20-18-32(34)28-36)55-24-10-6-8-12-26-57-42(50)4-2/h3-4,13-20,27-30,39,43H,1-2,5-12,21-26H2,(H,47,51,52)/t39?,43-/m1/s1. The molecule has 1 fully saturated rings. The summed E-state index contributed by atoms with van der Waals surface area (Å²) < 4.78 is 27.3.